The van der Waals surface area contributed by atoms with Crippen molar-refractivity contribution in [3.8, 4) is 0 Å². The summed E-state index contributed by atoms with van der Waals surface area (Å²) in [4.78, 5) is 16.5. The lowest BCUT2D eigenvalue weighted by Crippen LogP contribution is -2.15. The predicted octanol–water partition coefficient (Wildman–Crippen LogP) is 4.62. The van der Waals surface area contributed by atoms with Crippen LogP contribution in [0.5, 0.6) is 0 Å². The van der Waals surface area contributed by atoms with E-state index in [0.717, 1.165) is 20.8 Å². The number of halogens is 1. The Morgan fingerprint density at radius 2 is 2.13 bits per heavy atom. The van der Waals surface area contributed by atoms with E-state index in [4.69, 9.17) is 0 Å². The molecule has 1 heterocycles. The first-order valence-corrected chi connectivity index (χ1v) is 9.07. The topological polar surface area (TPSA) is 42.0 Å². The van der Waals surface area contributed by atoms with Crippen LogP contribution in [0.15, 0.2) is 42.5 Å². The summed E-state index contributed by atoms with van der Waals surface area (Å²) in [6.45, 7) is 1.77. The van der Waals surface area contributed by atoms with Crippen LogP contribution in [0.25, 0.3) is 10.2 Å². The first-order chi connectivity index (χ1) is 11.1. The lowest BCUT2D eigenvalue weighted by Gasteiger charge is -2.07. The number of nitrogens with one attached hydrogen (secondary N) is 1. The minimum atomic E-state index is -0.300. The molecule has 2 aromatic carbocycles. The molecule has 23 heavy (non-hydrogen) atoms. The van der Waals surface area contributed by atoms with Gasteiger partial charge in [0, 0.05) is 11.4 Å². The maximum atomic E-state index is 13.0. The molecular formula is C17H15FN2OS2. The van der Waals surface area contributed by atoms with Crippen molar-refractivity contribution >= 4 is 44.9 Å². The molecule has 0 bridgehead atoms. The van der Waals surface area contributed by atoms with E-state index >= 15 is 0 Å². The molecule has 1 amide bonds. The lowest BCUT2D eigenvalue weighted by molar-refractivity contribution is -0.113. The van der Waals surface area contributed by atoms with Crippen molar-refractivity contribution in [2.45, 2.75) is 12.7 Å². The van der Waals surface area contributed by atoms with Gasteiger partial charge < -0.3 is 5.32 Å². The number of anilines is 1. The molecule has 0 aliphatic heterocycles. The fourth-order valence-corrected chi connectivity index (χ4v) is 4.01. The van der Waals surface area contributed by atoms with Gasteiger partial charge in [-0.15, -0.1) is 23.1 Å². The second-order valence-electron chi connectivity index (χ2n) is 5.08. The van der Waals surface area contributed by atoms with Gasteiger partial charge in [0.25, 0.3) is 0 Å². The lowest BCUT2D eigenvalue weighted by atomic mass is 10.2. The molecular weight excluding hydrogens is 331 g/mol. The zero-order chi connectivity index (χ0) is 16.2. The second kappa shape index (κ2) is 7.10. The molecule has 3 aromatic rings. The number of hydrogen-bond donors (Lipinski definition) is 1. The monoisotopic (exact) mass is 346 g/mol. The van der Waals surface area contributed by atoms with Crippen molar-refractivity contribution in [1.29, 1.82) is 0 Å². The van der Waals surface area contributed by atoms with Crippen LogP contribution in [-0.2, 0) is 10.5 Å². The summed E-state index contributed by atoms with van der Waals surface area (Å²) in [5.74, 6) is 0.651. The maximum absolute atomic E-state index is 13.0. The van der Waals surface area contributed by atoms with E-state index in [1.165, 1.54) is 23.9 Å². The molecule has 1 N–H and O–H groups in total. The van der Waals surface area contributed by atoms with Crippen LogP contribution in [0.1, 0.15) is 10.6 Å². The van der Waals surface area contributed by atoms with Crippen LogP contribution in [-0.4, -0.2) is 16.6 Å². The Morgan fingerprint density at radius 1 is 1.30 bits per heavy atom. The summed E-state index contributed by atoms with van der Waals surface area (Å²) in [6.07, 6.45) is 0. The third kappa shape index (κ3) is 4.09. The number of rotatable bonds is 5. The van der Waals surface area contributed by atoms with Gasteiger partial charge in [0.15, 0.2) is 0 Å². The highest BCUT2D eigenvalue weighted by Crippen LogP contribution is 2.25. The summed E-state index contributed by atoms with van der Waals surface area (Å²) < 4.78 is 14.2. The highest BCUT2D eigenvalue weighted by Gasteiger charge is 2.08. The molecule has 3 rings (SSSR count). The number of aromatic nitrogens is 1. The van der Waals surface area contributed by atoms with Crippen molar-refractivity contribution in [3.05, 3.63) is 58.9 Å². The van der Waals surface area contributed by atoms with Gasteiger partial charge in [-0.25, -0.2) is 9.37 Å². The van der Waals surface area contributed by atoms with Gasteiger partial charge in [0.1, 0.15) is 10.8 Å². The highest BCUT2D eigenvalue weighted by molar-refractivity contribution is 7.99. The number of carbonyl (C=O) groups excluding carboxylic acids is 1. The molecule has 0 saturated carbocycles. The Balaban J connectivity index is 1.52. The standard InChI is InChI=1S/C17H15FN2OS2/c1-11-8-12(18)6-7-13(11)19-16(21)9-22-10-17-20-14-4-2-3-5-15(14)23-17/h2-8H,9-10H2,1H3,(H,19,21). The first-order valence-electron chi connectivity index (χ1n) is 7.10. The number of hydrogen-bond acceptors (Lipinski definition) is 4. The fourth-order valence-electron chi connectivity index (χ4n) is 2.17. The number of carbonyl (C=O) groups is 1. The van der Waals surface area contributed by atoms with Crippen LogP contribution in [0.2, 0.25) is 0 Å². The van der Waals surface area contributed by atoms with Gasteiger partial charge in [-0.1, -0.05) is 12.1 Å². The number of thiazole rings is 1. The Labute approximate surface area is 141 Å². The summed E-state index contributed by atoms with van der Waals surface area (Å²) in [5.41, 5.74) is 2.37. The molecule has 0 fully saturated rings. The van der Waals surface area contributed by atoms with E-state index in [-0.39, 0.29) is 11.7 Å². The Hall–Kier alpha value is -1.92. The molecule has 0 saturated heterocycles. The van der Waals surface area contributed by atoms with Crippen LogP contribution in [0.3, 0.4) is 0 Å². The minimum absolute atomic E-state index is 0.0918. The Kier molecular flexibility index (Phi) is 4.93. The number of benzene rings is 2. The van der Waals surface area contributed by atoms with E-state index in [1.807, 2.05) is 24.3 Å². The zero-order valence-electron chi connectivity index (χ0n) is 12.5. The van der Waals surface area contributed by atoms with E-state index in [2.05, 4.69) is 10.3 Å². The maximum Gasteiger partial charge on any atom is 0.234 e. The summed E-state index contributed by atoms with van der Waals surface area (Å²) in [5, 5.41) is 3.82. The molecule has 0 aliphatic rings. The fraction of sp³-hybridized carbons (Fsp3) is 0.176. The van der Waals surface area contributed by atoms with Gasteiger partial charge in [-0.05, 0) is 42.8 Å². The molecule has 1 aromatic heterocycles. The molecule has 0 unspecified atom stereocenters. The zero-order valence-corrected chi connectivity index (χ0v) is 14.1. The van der Waals surface area contributed by atoms with E-state index in [0.29, 0.717) is 17.2 Å². The number of thioether (sulfide) groups is 1. The van der Waals surface area contributed by atoms with Gasteiger partial charge in [-0.3, -0.25) is 4.79 Å². The average molecular weight is 346 g/mol. The van der Waals surface area contributed by atoms with E-state index in [1.54, 1.807) is 24.3 Å². The number of aryl methyl sites for hydroxylation is 1. The van der Waals surface area contributed by atoms with Crippen LogP contribution < -0.4 is 5.32 Å². The molecule has 0 radical (unpaired) electrons. The van der Waals surface area contributed by atoms with E-state index < -0.39 is 0 Å². The Bertz CT molecular complexity index is 814. The smallest absolute Gasteiger partial charge is 0.234 e. The molecule has 3 nitrogen and oxygen atoms in total. The molecule has 0 atom stereocenters. The molecule has 0 aliphatic carbocycles. The summed E-state index contributed by atoms with van der Waals surface area (Å²) in [6, 6.07) is 12.3. The van der Waals surface area contributed by atoms with Crippen molar-refractivity contribution < 1.29 is 9.18 Å². The van der Waals surface area contributed by atoms with Crippen LogP contribution in [0.4, 0.5) is 10.1 Å². The summed E-state index contributed by atoms with van der Waals surface area (Å²) in [7, 11) is 0. The van der Waals surface area contributed by atoms with Gasteiger partial charge in [0.2, 0.25) is 5.91 Å². The largest absolute Gasteiger partial charge is 0.325 e. The number of nitrogens with zero attached hydrogens (tertiary/aromatic N) is 1. The number of amides is 1. The van der Waals surface area contributed by atoms with Gasteiger partial charge in [0.05, 0.1) is 16.0 Å². The highest BCUT2D eigenvalue weighted by atomic mass is 32.2. The van der Waals surface area contributed by atoms with Crippen molar-refractivity contribution in [3.63, 3.8) is 0 Å². The molecule has 118 valence electrons. The van der Waals surface area contributed by atoms with Crippen molar-refractivity contribution in [2.75, 3.05) is 11.1 Å². The quantitative estimate of drug-likeness (QED) is 0.733. The third-order valence-electron chi connectivity index (χ3n) is 3.26. The second-order valence-corrected chi connectivity index (χ2v) is 7.18. The SMILES string of the molecule is Cc1cc(F)ccc1NC(=O)CSCc1nc2ccccc2s1. The van der Waals surface area contributed by atoms with Crippen LogP contribution >= 0.6 is 23.1 Å². The minimum Gasteiger partial charge on any atom is -0.325 e. The molecule has 0 spiro atoms. The van der Waals surface area contributed by atoms with Crippen molar-refractivity contribution in [1.82, 2.24) is 4.98 Å². The number of para-hydroxylation sites is 1. The van der Waals surface area contributed by atoms with Gasteiger partial charge in [-0.2, -0.15) is 0 Å². The average Bonchev–Trinajstić information content (AvgIpc) is 2.93. The molecule has 6 heteroatoms. The predicted molar refractivity (Wildman–Crippen MR) is 95.5 cm³/mol. The van der Waals surface area contributed by atoms with Gasteiger partial charge >= 0.3 is 0 Å². The van der Waals surface area contributed by atoms with Crippen LogP contribution in [0, 0.1) is 12.7 Å². The third-order valence-corrected chi connectivity index (χ3v) is 5.42. The summed E-state index contributed by atoms with van der Waals surface area (Å²) >= 11 is 3.17. The number of fused-ring (bicyclic) bond motifs is 1. The Morgan fingerprint density at radius 3 is 2.91 bits per heavy atom. The first kappa shape index (κ1) is 16.0. The van der Waals surface area contributed by atoms with Crippen molar-refractivity contribution in [2.24, 2.45) is 0 Å². The normalized spacial score (nSPS) is 10.9. The van der Waals surface area contributed by atoms with E-state index in [9.17, 15) is 9.18 Å².